The maximum absolute atomic E-state index is 5.97. The Morgan fingerprint density at radius 2 is 2.30 bits per heavy atom. The van der Waals surface area contributed by atoms with E-state index in [0.29, 0.717) is 24.0 Å². The van der Waals surface area contributed by atoms with E-state index in [9.17, 15) is 0 Å². The van der Waals surface area contributed by atoms with Crippen LogP contribution in [0.4, 0.5) is 5.82 Å². The molecule has 0 radical (unpaired) electrons. The third-order valence-corrected chi connectivity index (χ3v) is 3.39. The van der Waals surface area contributed by atoms with E-state index in [1.807, 2.05) is 29.1 Å². The molecule has 4 rings (SSSR count). The number of hydrogen-bond acceptors (Lipinski definition) is 5. The minimum Gasteiger partial charge on any atom is -0.490 e. The molecule has 3 aromatic rings. The van der Waals surface area contributed by atoms with Crippen LogP contribution in [0, 0.1) is 0 Å². The average Bonchev–Trinajstić information content (AvgIpc) is 2.97. The lowest BCUT2D eigenvalue weighted by molar-refractivity contribution is 0.299. The molecule has 1 aromatic carbocycles. The van der Waals surface area contributed by atoms with Gasteiger partial charge in [0.15, 0.2) is 11.4 Å². The molecular weight excluding hydrogens is 256 g/mol. The van der Waals surface area contributed by atoms with E-state index in [2.05, 4.69) is 10.3 Å². The van der Waals surface area contributed by atoms with Gasteiger partial charge in [0.1, 0.15) is 5.75 Å². The molecule has 1 fully saturated rings. The molecule has 102 valence electrons. The zero-order valence-electron chi connectivity index (χ0n) is 10.8. The van der Waals surface area contributed by atoms with Crippen molar-refractivity contribution in [2.75, 3.05) is 5.73 Å². The molecule has 1 saturated carbocycles. The minimum absolute atomic E-state index is 0.324. The summed E-state index contributed by atoms with van der Waals surface area (Å²) >= 11 is 0. The minimum atomic E-state index is 0.324. The molecule has 0 spiro atoms. The van der Waals surface area contributed by atoms with Crippen LogP contribution in [-0.2, 0) is 6.54 Å². The molecule has 2 heterocycles. The maximum Gasteiger partial charge on any atom is 0.174 e. The summed E-state index contributed by atoms with van der Waals surface area (Å²) < 4.78 is 13.0. The van der Waals surface area contributed by atoms with Gasteiger partial charge in [-0.3, -0.25) is 4.68 Å². The van der Waals surface area contributed by atoms with Gasteiger partial charge in [-0.05, 0) is 31.0 Å². The van der Waals surface area contributed by atoms with E-state index in [0.717, 1.165) is 29.5 Å². The smallest absolute Gasteiger partial charge is 0.174 e. The first kappa shape index (κ1) is 11.3. The van der Waals surface area contributed by atoms with Crippen LogP contribution in [-0.4, -0.2) is 21.0 Å². The highest BCUT2D eigenvalue weighted by molar-refractivity contribution is 5.88. The van der Waals surface area contributed by atoms with Crippen molar-refractivity contribution in [3.8, 4) is 5.75 Å². The lowest BCUT2D eigenvalue weighted by Gasteiger charge is -2.11. The fourth-order valence-electron chi connectivity index (χ4n) is 2.19. The molecule has 0 bridgehead atoms. The highest BCUT2D eigenvalue weighted by atomic mass is 16.5. The zero-order chi connectivity index (χ0) is 13.5. The maximum atomic E-state index is 5.97. The number of anilines is 1. The zero-order valence-corrected chi connectivity index (χ0v) is 10.8. The van der Waals surface area contributed by atoms with Gasteiger partial charge in [0.2, 0.25) is 0 Å². The van der Waals surface area contributed by atoms with Gasteiger partial charge in [-0.2, -0.15) is 5.10 Å². The van der Waals surface area contributed by atoms with E-state index in [1.165, 1.54) is 0 Å². The van der Waals surface area contributed by atoms with Gasteiger partial charge in [-0.25, -0.2) is 0 Å². The average molecular weight is 270 g/mol. The Hall–Kier alpha value is -2.50. The van der Waals surface area contributed by atoms with Crippen LogP contribution in [0.5, 0.6) is 5.75 Å². The largest absolute Gasteiger partial charge is 0.490 e. The van der Waals surface area contributed by atoms with Gasteiger partial charge >= 0.3 is 0 Å². The van der Waals surface area contributed by atoms with Crippen LogP contribution in [0.25, 0.3) is 11.0 Å². The van der Waals surface area contributed by atoms with Gasteiger partial charge in [-0.15, -0.1) is 0 Å². The normalized spacial score (nSPS) is 14.8. The monoisotopic (exact) mass is 270 g/mol. The number of aromatic nitrogens is 3. The molecule has 2 aromatic heterocycles. The van der Waals surface area contributed by atoms with Crippen molar-refractivity contribution >= 4 is 16.8 Å². The predicted octanol–water partition coefficient (Wildman–Crippen LogP) is 2.20. The highest BCUT2D eigenvalue weighted by Crippen LogP contribution is 2.34. The summed E-state index contributed by atoms with van der Waals surface area (Å²) in [6.45, 7) is 0.631. The Bertz CT molecular complexity index is 744. The predicted molar refractivity (Wildman–Crippen MR) is 73.4 cm³/mol. The van der Waals surface area contributed by atoms with Crippen molar-refractivity contribution in [3.05, 3.63) is 36.2 Å². The van der Waals surface area contributed by atoms with E-state index >= 15 is 0 Å². The molecule has 2 N–H and O–H groups in total. The summed E-state index contributed by atoms with van der Waals surface area (Å²) in [5.41, 5.74) is 7.49. The Labute approximate surface area is 115 Å². The number of nitrogen functional groups attached to an aromatic ring is 1. The Morgan fingerprint density at radius 3 is 3.05 bits per heavy atom. The topological polar surface area (TPSA) is 79.1 Å². The van der Waals surface area contributed by atoms with Crippen LogP contribution in [0.1, 0.15) is 18.4 Å². The molecule has 0 aliphatic heterocycles. The molecule has 6 heteroatoms. The summed E-state index contributed by atoms with van der Waals surface area (Å²) in [4.78, 5) is 0. The van der Waals surface area contributed by atoms with E-state index in [1.54, 1.807) is 6.20 Å². The van der Waals surface area contributed by atoms with Gasteiger partial charge < -0.3 is 15.0 Å². The summed E-state index contributed by atoms with van der Waals surface area (Å²) in [6.07, 6.45) is 6.22. The molecule has 6 nitrogen and oxygen atoms in total. The number of nitrogens with zero attached hydrogens (tertiary/aromatic N) is 3. The second kappa shape index (κ2) is 4.26. The number of benzene rings is 1. The first-order valence-corrected chi connectivity index (χ1v) is 6.61. The summed E-state index contributed by atoms with van der Waals surface area (Å²) in [5.74, 6) is 1.23. The molecule has 0 atom stereocenters. The van der Waals surface area contributed by atoms with Gasteiger partial charge in [-0.1, -0.05) is 5.16 Å². The number of rotatable bonds is 4. The molecule has 1 aliphatic rings. The van der Waals surface area contributed by atoms with Crippen molar-refractivity contribution in [1.29, 1.82) is 0 Å². The summed E-state index contributed by atoms with van der Waals surface area (Å²) in [7, 11) is 0. The highest BCUT2D eigenvalue weighted by Gasteiger charge is 2.25. The fraction of sp³-hybridized carbons (Fsp3) is 0.286. The van der Waals surface area contributed by atoms with Gasteiger partial charge in [0, 0.05) is 18.0 Å². The second-order valence-electron chi connectivity index (χ2n) is 5.04. The standard InChI is InChI=1S/C14H14N4O2/c15-14-11-7-12(19-10-2-3-10)9(6-13(11)20-17-14)8-18-5-1-4-16-18/h1,4-7,10H,2-3,8H2,(H2,15,17). The molecule has 1 aliphatic carbocycles. The molecule has 0 saturated heterocycles. The van der Waals surface area contributed by atoms with Crippen LogP contribution in [0.15, 0.2) is 35.1 Å². The summed E-state index contributed by atoms with van der Waals surface area (Å²) in [5, 5.41) is 8.81. The van der Waals surface area contributed by atoms with Crippen molar-refractivity contribution in [3.63, 3.8) is 0 Å². The lowest BCUT2D eigenvalue weighted by Crippen LogP contribution is -2.05. The van der Waals surface area contributed by atoms with Gasteiger partial charge in [0.25, 0.3) is 0 Å². The second-order valence-corrected chi connectivity index (χ2v) is 5.04. The van der Waals surface area contributed by atoms with Crippen LogP contribution < -0.4 is 10.5 Å². The van der Waals surface area contributed by atoms with E-state index in [-0.39, 0.29) is 0 Å². The Kier molecular flexibility index (Phi) is 2.42. The number of hydrogen-bond donors (Lipinski definition) is 1. The van der Waals surface area contributed by atoms with Crippen molar-refractivity contribution in [1.82, 2.24) is 14.9 Å². The fourth-order valence-corrected chi connectivity index (χ4v) is 2.19. The summed E-state index contributed by atoms with van der Waals surface area (Å²) in [6, 6.07) is 5.74. The van der Waals surface area contributed by atoms with Crippen LogP contribution in [0.3, 0.4) is 0 Å². The van der Waals surface area contributed by atoms with Gasteiger partial charge in [0.05, 0.1) is 18.0 Å². The first-order chi connectivity index (χ1) is 9.79. The molecule has 20 heavy (non-hydrogen) atoms. The van der Waals surface area contributed by atoms with Crippen LogP contribution >= 0.6 is 0 Å². The van der Waals surface area contributed by atoms with E-state index < -0.39 is 0 Å². The third kappa shape index (κ3) is 1.99. The molecule has 0 unspecified atom stereocenters. The van der Waals surface area contributed by atoms with Crippen molar-refractivity contribution in [2.45, 2.75) is 25.5 Å². The lowest BCUT2D eigenvalue weighted by atomic mass is 10.1. The van der Waals surface area contributed by atoms with Crippen LogP contribution in [0.2, 0.25) is 0 Å². The Morgan fingerprint density at radius 1 is 1.40 bits per heavy atom. The van der Waals surface area contributed by atoms with E-state index in [4.69, 9.17) is 15.0 Å². The molecule has 0 amide bonds. The SMILES string of the molecule is Nc1noc2cc(Cn3cccn3)c(OC3CC3)cc12. The number of nitrogens with two attached hydrogens (primary N) is 1. The van der Waals surface area contributed by atoms with Crippen molar-refractivity contribution in [2.24, 2.45) is 0 Å². The molecular formula is C14H14N4O2. The van der Waals surface area contributed by atoms with Crippen molar-refractivity contribution < 1.29 is 9.26 Å². The Balaban J connectivity index is 1.78. The number of fused-ring (bicyclic) bond motifs is 1. The number of ether oxygens (including phenoxy) is 1. The quantitative estimate of drug-likeness (QED) is 0.786. The first-order valence-electron chi connectivity index (χ1n) is 6.61. The third-order valence-electron chi connectivity index (χ3n) is 3.39.